The third kappa shape index (κ3) is 2.94. The zero-order chi connectivity index (χ0) is 18.1. The van der Waals surface area contributed by atoms with Crippen LogP contribution in [-0.2, 0) is 12.8 Å². The van der Waals surface area contributed by atoms with Gasteiger partial charge in [0, 0.05) is 25.0 Å². The van der Waals surface area contributed by atoms with Gasteiger partial charge in [0.25, 0.3) is 0 Å². The Kier molecular flexibility index (Phi) is 4.58. The standard InChI is InChI=1S/C19H25N7/c1-3-15-16(11-20)19(24-22-17(15)4-2)25-9-7-13(8-10-25)18-23-21-12-26(18)14-5-6-14/h12-14H,3-10H2,1-2H3. The molecule has 0 aromatic carbocycles. The second-order valence-corrected chi connectivity index (χ2v) is 7.23. The third-order valence-corrected chi connectivity index (χ3v) is 5.64. The smallest absolute Gasteiger partial charge is 0.169 e. The molecule has 2 aromatic heterocycles. The molecule has 1 aliphatic heterocycles. The lowest BCUT2D eigenvalue weighted by molar-refractivity contribution is 0.462. The molecule has 1 saturated carbocycles. The van der Waals surface area contributed by atoms with Crippen molar-refractivity contribution in [1.29, 1.82) is 5.26 Å². The molecule has 4 rings (SSSR count). The summed E-state index contributed by atoms with van der Waals surface area (Å²) >= 11 is 0. The molecule has 7 heteroatoms. The van der Waals surface area contributed by atoms with E-state index in [-0.39, 0.29) is 0 Å². The highest BCUT2D eigenvalue weighted by Gasteiger charge is 2.32. The van der Waals surface area contributed by atoms with Gasteiger partial charge in [-0.15, -0.1) is 15.3 Å². The van der Waals surface area contributed by atoms with Gasteiger partial charge in [0.1, 0.15) is 23.8 Å². The molecule has 1 aliphatic carbocycles. The summed E-state index contributed by atoms with van der Waals surface area (Å²) in [5.41, 5.74) is 2.70. The van der Waals surface area contributed by atoms with E-state index in [9.17, 15) is 5.26 Å². The second kappa shape index (κ2) is 7.02. The van der Waals surface area contributed by atoms with E-state index in [4.69, 9.17) is 0 Å². The Morgan fingerprint density at radius 1 is 1.08 bits per heavy atom. The van der Waals surface area contributed by atoms with Crippen molar-refractivity contribution in [3.63, 3.8) is 0 Å². The fourth-order valence-corrected chi connectivity index (χ4v) is 4.03. The van der Waals surface area contributed by atoms with Crippen LogP contribution in [0.4, 0.5) is 5.82 Å². The fraction of sp³-hybridized carbons (Fsp3) is 0.632. The zero-order valence-electron chi connectivity index (χ0n) is 15.5. The van der Waals surface area contributed by atoms with Gasteiger partial charge in [-0.05, 0) is 44.1 Å². The topological polar surface area (TPSA) is 83.5 Å². The molecule has 2 aromatic rings. The van der Waals surface area contributed by atoms with Gasteiger partial charge < -0.3 is 9.47 Å². The van der Waals surface area contributed by atoms with Crippen LogP contribution in [-0.4, -0.2) is 38.1 Å². The van der Waals surface area contributed by atoms with E-state index in [2.05, 4.69) is 49.8 Å². The van der Waals surface area contributed by atoms with Crippen LogP contribution in [0.3, 0.4) is 0 Å². The molecule has 2 fully saturated rings. The lowest BCUT2D eigenvalue weighted by atomic mass is 9.95. The number of rotatable bonds is 5. The Bertz CT molecular complexity index is 823. The molecule has 3 heterocycles. The molecule has 0 amide bonds. The van der Waals surface area contributed by atoms with Crippen LogP contribution in [0, 0.1) is 11.3 Å². The number of nitrogens with zero attached hydrogens (tertiary/aromatic N) is 7. The molecule has 0 N–H and O–H groups in total. The monoisotopic (exact) mass is 351 g/mol. The van der Waals surface area contributed by atoms with Gasteiger partial charge in [-0.25, -0.2) is 0 Å². The zero-order valence-corrected chi connectivity index (χ0v) is 15.5. The quantitative estimate of drug-likeness (QED) is 0.823. The number of hydrogen-bond donors (Lipinski definition) is 0. The predicted octanol–water partition coefficient (Wildman–Crippen LogP) is 2.78. The molecule has 26 heavy (non-hydrogen) atoms. The molecular formula is C19H25N7. The number of aromatic nitrogens is 5. The Hall–Kier alpha value is -2.49. The third-order valence-electron chi connectivity index (χ3n) is 5.64. The van der Waals surface area contributed by atoms with E-state index in [0.29, 0.717) is 17.5 Å². The Morgan fingerprint density at radius 2 is 1.85 bits per heavy atom. The average molecular weight is 351 g/mol. The minimum Gasteiger partial charge on any atom is -0.354 e. The van der Waals surface area contributed by atoms with Crippen molar-refractivity contribution in [3.8, 4) is 6.07 Å². The Balaban J connectivity index is 1.53. The minimum absolute atomic E-state index is 0.438. The van der Waals surface area contributed by atoms with Gasteiger partial charge in [-0.3, -0.25) is 0 Å². The maximum absolute atomic E-state index is 9.72. The van der Waals surface area contributed by atoms with Crippen LogP contribution in [0.2, 0.25) is 0 Å². The fourth-order valence-electron chi connectivity index (χ4n) is 4.03. The molecule has 0 unspecified atom stereocenters. The molecule has 0 atom stereocenters. The van der Waals surface area contributed by atoms with Gasteiger partial charge in [0.15, 0.2) is 5.82 Å². The van der Waals surface area contributed by atoms with Crippen molar-refractivity contribution in [2.24, 2.45) is 0 Å². The number of hydrogen-bond acceptors (Lipinski definition) is 6. The average Bonchev–Trinajstić information content (AvgIpc) is 3.43. The normalized spacial score (nSPS) is 18.1. The summed E-state index contributed by atoms with van der Waals surface area (Å²) in [6, 6.07) is 3.00. The van der Waals surface area contributed by atoms with Crippen molar-refractivity contribution in [2.75, 3.05) is 18.0 Å². The van der Waals surface area contributed by atoms with E-state index < -0.39 is 0 Å². The first-order valence-corrected chi connectivity index (χ1v) is 9.69. The minimum atomic E-state index is 0.438. The van der Waals surface area contributed by atoms with Crippen molar-refractivity contribution in [1.82, 2.24) is 25.0 Å². The van der Waals surface area contributed by atoms with E-state index in [1.807, 2.05) is 6.33 Å². The van der Waals surface area contributed by atoms with E-state index in [1.165, 1.54) is 12.8 Å². The molecule has 136 valence electrons. The molecule has 0 radical (unpaired) electrons. The van der Waals surface area contributed by atoms with Gasteiger partial charge in [0.2, 0.25) is 0 Å². The second-order valence-electron chi connectivity index (χ2n) is 7.23. The number of nitriles is 1. The Labute approximate surface area is 154 Å². The van der Waals surface area contributed by atoms with Crippen LogP contribution in [0.1, 0.15) is 74.1 Å². The lowest BCUT2D eigenvalue weighted by Gasteiger charge is -2.33. The first kappa shape index (κ1) is 17.0. The summed E-state index contributed by atoms with van der Waals surface area (Å²) in [7, 11) is 0. The molecular weight excluding hydrogens is 326 g/mol. The first-order chi connectivity index (χ1) is 12.8. The van der Waals surface area contributed by atoms with Gasteiger partial charge in [-0.2, -0.15) is 10.4 Å². The van der Waals surface area contributed by atoms with E-state index in [0.717, 1.165) is 61.7 Å². The maximum Gasteiger partial charge on any atom is 0.169 e. The maximum atomic E-state index is 9.72. The highest BCUT2D eigenvalue weighted by atomic mass is 15.3. The van der Waals surface area contributed by atoms with Crippen LogP contribution in [0.5, 0.6) is 0 Å². The predicted molar refractivity (Wildman–Crippen MR) is 98.0 cm³/mol. The van der Waals surface area contributed by atoms with Crippen molar-refractivity contribution in [3.05, 3.63) is 29.0 Å². The molecule has 1 saturated heterocycles. The summed E-state index contributed by atoms with van der Waals surface area (Å²) in [4.78, 5) is 2.22. The highest BCUT2D eigenvalue weighted by Crippen LogP contribution is 2.39. The first-order valence-electron chi connectivity index (χ1n) is 9.69. The van der Waals surface area contributed by atoms with Gasteiger partial charge >= 0.3 is 0 Å². The van der Waals surface area contributed by atoms with Crippen LogP contribution >= 0.6 is 0 Å². The largest absolute Gasteiger partial charge is 0.354 e. The number of anilines is 1. The highest BCUT2D eigenvalue weighted by molar-refractivity contribution is 5.58. The number of aryl methyl sites for hydroxylation is 1. The summed E-state index contributed by atoms with van der Waals surface area (Å²) < 4.78 is 2.27. The van der Waals surface area contributed by atoms with Crippen molar-refractivity contribution >= 4 is 5.82 Å². The van der Waals surface area contributed by atoms with Crippen LogP contribution < -0.4 is 4.90 Å². The number of piperidine rings is 1. The summed E-state index contributed by atoms with van der Waals surface area (Å²) in [5.74, 6) is 2.33. The summed E-state index contributed by atoms with van der Waals surface area (Å²) in [6.07, 6.45) is 8.02. The van der Waals surface area contributed by atoms with E-state index in [1.54, 1.807) is 0 Å². The van der Waals surface area contributed by atoms with Gasteiger partial charge in [0.05, 0.1) is 5.69 Å². The molecule has 2 aliphatic rings. The molecule has 0 spiro atoms. The summed E-state index contributed by atoms with van der Waals surface area (Å²) in [6.45, 7) is 5.89. The van der Waals surface area contributed by atoms with Crippen molar-refractivity contribution in [2.45, 2.75) is 64.3 Å². The van der Waals surface area contributed by atoms with E-state index >= 15 is 0 Å². The molecule has 0 bridgehead atoms. The Morgan fingerprint density at radius 3 is 2.46 bits per heavy atom. The summed E-state index contributed by atoms with van der Waals surface area (Å²) in [5, 5.41) is 27.1. The van der Waals surface area contributed by atoms with Crippen LogP contribution in [0.15, 0.2) is 6.33 Å². The SMILES string of the molecule is CCc1nnc(N2CCC(c3nncn3C3CC3)CC2)c(C#N)c1CC. The molecule has 7 nitrogen and oxygen atoms in total. The lowest BCUT2D eigenvalue weighted by Crippen LogP contribution is -2.35. The van der Waals surface area contributed by atoms with Gasteiger partial charge in [-0.1, -0.05) is 13.8 Å². The van der Waals surface area contributed by atoms with Crippen molar-refractivity contribution < 1.29 is 0 Å². The van der Waals surface area contributed by atoms with Crippen LogP contribution in [0.25, 0.3) is 0 Å².